The quantitative estimate of drug-likeness (QED) is 0.893. The second-order valence-electron chi connectivity index (χ2n) is 5.93. The standard InChI is InChI=1S/C15H27N3/c1-5-12-7-6-8-13(9-12)15(16)14-10(2)17-18(4)11(14)3/h12-13,15H,5-9,16H2,1-4H3. The van der Waals surface area contributed by atoms with Gasteiger partial charge in [0, 0.05) is 24.3 Å². The predicted octanol–water partition coefficient (Wildman–Crippen LogP) is 3.25. The highest BCUT2D eigenvalue weighted by atomic mass is 15.3. The molecule has 0 amide bonds. The molecular formula is C15H27N3. The van der Waals surface area contributed by atoms with E-state index in [1.165, 1.54) is 43.4 Å². The van der Waals surface area contributed by atoms with Crippen molar-refractivity contribution in [3.63, 3.8) is 0 Å². The molecule has 102 valence electrons. The molecule has 1 fully saturated rings. The Morgan fingerprint density at radius 3 is 2.67 bits per heavy atom. The lowest BCUT2D eigenvalue weighted by molar-refractivity contribution is 0.229. The number of nitrogens with zero attached hydrogens (tertiary/aromatic N) is 2. The van der Waals surface area contributed by atoms with Crippen LogP contribution in [0.1, 0.15) is 62.0 Å². The van der Waals surface area contributed by atoms with Crippen LogP contribution in [0.4, 0.5) is 0 Å². The maximum absolute atomic E-state index is 6.55. The summed E-state index contributed by atoms with van der Waals surface area (Å²) in [6.45, 7) is 6.52. The van der Waals surface area contributed by atoms with Gasteiger partial charge in [0.25, 0.3) is 0 Å². The summed E-state index contributed by atoms with van der Waals surface area (Å²) in [4.78, 5) is 0. The topological polar surface area (TPSA) is 43.8 Å². The maximum atomic E-state index is 6.55. The highest BCUT2D eigenvalue weighted by Gasteiger charge is 2.29. The van der Waals surface area contributed by atoms with E-state index in [-0.39, 0.29) is 6.04 Å². The summed E-state index contributed by atoms with van der Waals surface area (Å²) in [7, 11) is 2.01. The average molecular weight is 249 g/mol. The van der Waals surface area contributed by atoms with Gasteiger partial charge < -0.3 is 5.73 Å². The van der Waals surface area contributed by atoms with Crippen molar-refractivity contribution in [2.75, 3.05) is 0 Å². The third-order valence-corrected chi connectivity index (χ3v) is 4.81. The molecule has 1 aromatic heterocycles. The third-order valence-electron chi connectivity index (χ3n) is 4.81. The van der Waals surface area contributed by atoms with E-state index in [0.717, 1.165) is 11.6 Å². The molecule has 18 heavy (non-hydrogen) atoms. The van der Waals surface area contributed by atoms with Crippen LogP contribution in [0, 0.1) is 25.7 Å². The van der Waals surface area contributed by atoms with Gasteiger partial charge in [0.05, 0.1) is 5.69 Å². The summed E-state index contributed by atoms with van der Waals surface area (Å²) in [6, 6.07) is 0.174. The van der Waals surface area contributed by atoms with Crippen LogP contribution in [-0.4, -0.2) is 9.78 Å². The highest BCUT2D eigenvalue weighted by Crippen LogP contribution is 2.38. The lowest BCUT2D eigenvalue weighted by Crippen LogP contribution is -2.27. The van der Waals surface area contributed by atoms with E-state index >= 15 is 0 Å². The normalized spacial score (nSPS) is 26.3. The Balaban J connectivity index is 2.17. The molecule has 1 aliphatic rings. The molecule has 2 N–H and O–H groups in total. The van der Waals surface area contributed by atoms with Gasteiger partial charge in [-0.05, 0) is 38.5 Å². The lowest BCUT2D eigenvalue weighted by atomic mass is 9.75. The molecule has 1 aromatic rings. The van der Waals surface area contributed by atoms with Gasteiger partial charge in [0.1, 0.15) is 0 Å². The summed E-state index contributed by atoms with van der Waals surface area (Å²) in [5.41, 5.74) is 10.2. The summed E-state index contributed by atoms with van der Waals surface area (Å²) in [6.07, 6.45) is 6.62. The Hall–Kier alpha value is -0.830. The zero-order valence-electron chi connectivity index (χ0n) is 12.2. The van der Waals surface area contributed by atoms with Crippen molar-refractivity contribution in [3.05, 3.63) is 17.0 Å². The first-order valence-electron chi connectivity index (χ1n) is 7.30. The lowest BCUT2D eigenvalue weighted by Gasteiger charge is -2.32. The molecule has 1 aliphatic carbocycles. The summed E-state index contributed by atoms with van der Waals surface area (Å²) in [5, 5.41) is 4.50. The molecule has 0 aromatic carbocycles. The summed E-state index contributed by atoms with van der Waals surface area (Å²) in [5.74, 6) is 1.53. The fourth-order valence-corrected chi connectivity index (χ4v) is 3.54. The van der Waals surface area contributed by atoms with Gasteiger partial charge in [-0.15, -0.1) is 0 Å². The molecule has 3 atom stereocenters. The van der Waals surface area contributed by atoms with Gasteiger partial charge in [-0.2, -0.15) is 5.10 Å². The minimum atomic E-state index is 0.174. The number of nitrogens with two attached hydrogens (primary N) is 1. The molecule has 0 aliphatic heterocycles. The number of aromatic nitrogens is 2. The Morgan fingerprint density at radius 1 is 1.39 bits per heavy atom. The van der Waals surface area contributed by atoms with Crippen LogP contribution in [0.2, 0.25) is 0 Å². The van der Waals surface area contributed by atoms with E-state index in [9.17, 15) is 0 Å². The van der Waals surface area contributed by atoms with Crippen molar-refractivity contribution < 1.29 is 0 Å². The van der Waals surface area contributed by atoms with E-state index < -0.39 is 0 Å². The van der Waals surface area contributed by atoms with Crippen LogP contribution in [-0.2, 0) is 7.05 Å². The van der Waals surface area contributed by atoms with Gasteiger partial charge in [-0.1, -0.05) is 26.2 Å². The minimum absolute atomic E-state index is 0.174. The first-order valence-corrected chi connectivity index (χ1v) is 7.30. The van der Waals surface area contributed by atoms with Crippen LogP contribution in [0.25, 0.3) is 0 Å². The van der Waals surface area contributed by atoms with E-state index in [0.29, 0.717) is 5.92 Å². The molecule has 1 saturated carbocycles. The van der Waals surface area contributed by atoms with Gasteiger partial charge >= 0.3 is 0 Å². The van der Waals surface area contributed by atoms with Crippen LogP contribution in [0.3, 0.4) is 0 Å². The number of hydrogen-bond acceptors (Lipinski definition) is 2. The minimum Gasteiger partial charge on any atom is -0.324 e. The molecule has 2 rings (SSSR count). The predicted molar refractivity (Wildman–Crippen MR) is 75.3 cm³/mol. The largest absolute Gasteiger partial charge is 0.324 e. The van der Waals surface area contributed by atoms with Gasteiger partial charge in [0.15, 0.2) is 0 Å². The van der Waals surface area contributed by atoms with E-state index in [1.54, 1.807) is 0 Å². The molecule has 3 heteroatoms. The second kappa shape index (κ2) is 5.43. The SMILES string of the molecule is CCC1CCCC(C(N)c2c(C)nn(C)c2C)C1. The van der Waals surface area contributed by atoms with Gasteiger partial charge in [0.2, 0.25) is 0 Å². The first-order chi connectivity index (χ1) is 8.54. The fraction of sp³-hybridized carbons (Fsp3) is 0.800. The summed E-state index contributed by atoms with van der Waals surface area (Å²) >= 11 is 0. The van der Waals surface area contributed by atoms with Crippen molar-refractivity contribution in [1.82, 2.24) is 9.78 Å². The Kier molecular flexibility index (Phi) is 4.10. The molecule has 0 spiro atoms. The third kappa shape index (κ3) is 2.46. The zero-order chi connectivity index (χ0) is 13.3. The van der Waals surface area contributed by atoms with E-state index in [2.05, 4.69) is 25.9 Å². The number of rotatable bonds is 3. The maximum Gasteiger partial charge on any atom is 0.0644 e. The first kappa shape index (κ1) is 13.6. The van der Waals surface area contributed by atoms with Crippen molar-refractivity contribution in [2.45, 2.75) is 58.9 Å². The van der Waals surface area contributed by atoms with E-state index in [4.69, 9.17) is 5.73 Å². The Labute approximate surface area is 111 Å². The smallest absolute Gasteiger partial charge is 0.0644 e. The van der Waals surface area contributed by atoms with Gasteiger partial charge in [-0.3, -0.25) is 4.68 Å². The van der Waals surface area contributed by atoms with Crippen LogP contribution in [0.5, 0.6) is 0 Å². The van der Waals surface area contributed by atoms with Crippen molar-refractivity contribution in [3.8, 4) is 0 Å². The monoisotopic (exact) mass is 249 g/mol. The highest BCUT2D eigenvalue weighted by molar-refractivity contribution is 5.28. The van der Waals surface area contributed by atoms with Crippen LogP contribution < -0.4 is 5.73 Å². The molecule has 1 heterocycles. The summed E-state index contributed by atoms with van der Waals surface area (Å²) < 4.78 is 1.96. The van der Waals surface area contributed by atoms with Crippen molar-refractivity contribution in [2.24, 2.45) is 24.6 Å². The zero-order valence-corrected chi connectivity index (χ0v) is 12.2. The number of aryl methyl sites for hydroxylation is 2. The van der Waals surface area contributed by atoms with Crippen molar-refractivity contribution >= 4 is 0 Å². The average Bonchev–Trinajstić information content (AvgIpc) is 2.62. The molecule has 0 saturated heterocycles. The molecule has 3 unspecified atom stereocenters. The molecule has 0 bridgehead atoms. The Morgan fingerprint density at radius 2 is 2.11 bits per heavy atom. The van der Waals surface area contributed by atoms with Crippen LogP contribution >= 0.6 is 0 Å². The van der Waals surface area contributed by atoms with Crippen molar-refractivity contribution in [1.29, 1.82) is 0 Å². The van der Waals surface area contributed by atoms with Gasteiger partial charge in [-0.25, -0.2) is 0 Å². The fourth-order valence-electron chi connectivity index (χ4n) is 3.54. The van der Waals surface area contributed by atoms with Crippen LogP contribution in [0.15, 0.2) is 0 Å². The molecule has 3 nitrogen and oxygen atoms in total. The second-order valence-corrected chi connectivity index (χ2v) is 5.93. The molecular weight excluding hydrogens is 222 g/mol. The van der Waals surface area contributed by atoms with E-state index in [1.807, 2.05) is 11.7 Å². The Bertz CT molecular complexity index is 408. The number of hydrogen-bond donors (Lipinski definition) is 1. The molecule has 0 radical (unpaired) electrons.